The first-order valence-electron chi connectivity index (χ1n) is 22.8. The standard InChI is InChI=1S/C52H48N12O8/c65-61(66)47-11-13-49(51(35-47)63(69)70)53-23-1-25-57-27-15-41(16-28-57)43-19-31-59(32-20-43)37-39-3-7-45(8-4-39)55-56-46-9-5-40(6-10-46)38-60-33-21-44(22-34-60)42-17-29-58(30-18-42)26-2-24-54-50-14-12-48(62(67)68)36-52(50)64(71)72/h3-22,27-36,53-54H,1-2,23-26,37-38H2/q+4. The fourth-order valence-corrected chi connectivity index (χ4v) is 7.82. The van der Waals surface area contributed by atoms with E-state index in [1.807, 2.05) is 132 Å². The summed E-state index contributed by atoms with van der Waals surface area (Å²) in [5.41, 5.74) is 7.23. The number of pyridine rings is 4. The van der Waals surface area contributed by atoms with Crippen molar-refractivity contribution in [2.45, 2.75) is 39.0 Å². The molecular weight excluding hydrogens is 921 g/mol. The molecular formula is C52H48N12O8+4. The number of rotatable bonds is 22. The normalized spacial score (nSPS) is 11.1. The first-order chi connectivity index (χ1) is 34.9. The van der Waals surface area contributed by atoms with Gasteiger partial charge in [-0.25, -0.2) is 18.3 Å². The number of nitro groups is 4. The maximum Gasteiger partial charge on any atom is 0.299 e. The van der Waals surface area contributed by atoms with Crippen LogP contribution in [0.2, 0.25) is 0 Å². The van der Waals surface area contributed by atoms with Crippen molar-refractivity contribution in [3.63, 3.8) is 0 Å². The Balaban J connectivity index is 0.748. The van der Waals surface area contributed by atoms with E-state index in [1.54, 1.807) is 0 Å². The number of hydrogen-bond donors (Lipinski definition) is 2. The van der Waals surface area contributed by atoms with Crippen LogP contribution in [0.3, 0.4) is 0 Å². The quantitative estimate of drug-likeness (QED) is 0.0214. The van der Waals surface area contributed by atoms with E-state index < -0.39 is 19.7 Å². The Labute approximate surface area is 412 Å². The average Bonchev–Trinajstić information content (AvgIpc) is 3.39. The van der Waals surface area contributed by atoms with E-state index in [0.29, 0.717) is 52.1 Å². The van der Waals surface area contributed by atoms with Gasteiger partial charge in [-0.15, -0.1) is 0 Å². The van der Waals surface area contributed by atoms with Gasteiger partial charge in [0.25, 0.3) is 22.7 Å². The van der Waals surface area contributed by atoms with Crippen LogP contribution in [0.1, 0.15) is 24.0 Å². The van der Waals surface area contributed by atoms with Crippen LogP contribution in [0, 0.1) is 40.5 Å². The molecule has 0 fully saturated rings. The maximum absolute atomic E-state index is 11.4. The van der Waals surface area contributed by atoms with Crippen LogP contribution >= 0.6 is 0 Å². The lowest BCUT2D eigenvalue weighted by atomic mass is 10.1. The Kier molecular flexibility index (Phi) is 15.6. The van der Waals surface area contributed by atoms with E-state index in [0.717, 1.165) is 56.9 Å². The molecule has 0 bridgehead atoms. The summed E-state index contributed by atoms with van der Waals surface area (Å²) >= 11 is 0. The molecule has 360 valence electrons. The van der Waals surface area contributed by atoms with E-state index in [-0.39, 0.29) is 34.1 Å². The van der Waals surface area contributed by atoms with E-state index >= 15 is 0 Å². The summed E-state index contributed by atoms with van der Waals surface area (Å²) < 4.78 is 8.29. The number of anilines is 2. The zero-order chi connectivity index (χ0) is 50.4. The second kappa shape index (κ2) is 23.1. The van der Waals surface area contributed by atoms with E-state index in [1.165, 1.54) is 24.3 Å². The summed E-state index contributed by atoms with van der Waals surface area (Å²) in [6, 6.07) is 39.6. The lowest BCUT2D eigenvalue weighted by Gasteiger charge is -2.06. The van der Waals surface area contributed by atoms with Crippen molar-refractivity contribution in [3.05, 3.63) is 235 Å². The number of nitrogens with zero attached hydrogens (tertiary/aromatic N) is 10. The minimum atomic E-state index is -0.653. The van der Waals surface area contributed by atoms with E-state index in [9.17, 15) is 40.5 Å². The fraction of sp³-hybridized carbons (Fsp3) is 0.154. The topological polar surface area (TPSA) is 237 Å². The number of aromatic nitrogens is 4. The number of aryl methyl sites for hydroxylation is 2. The lowest BCUT2D eigenvalue weighted by molar-refractivity contribution is -0.697. The highest BCUT2D eigenvalue weighted by Crippen LogP contribution is 2.30. The largest absolute Gasteiger partial charge is 0.379 e. The van der Waals surface area contributed by atoms with Gasteiger partial charge in [0.2, 0.25) is 0 Å². The van der Waals surface area contributed by atoms with Crippen LogP contribution in [0.25, 0.3) is 22.3 Å². The molecule has 0 amide bonds. The summed E-state index contributed by atoms with van der Waals surface area (Å²) in [4.78, 5) is 42.3. The Morgan fingerprint density at radius 1 is 0.389 bits per heavy atom. The molecule has 0 aliphatic rings. The third-order valence-electron chi connectivity index (χ3n) is 11.7. The molecule has 20 heteroatoms. The molecule has 8 rings (SSSR count). The highest BCUT2D eigenvalue weighted by molar-refractivity contribution is 5.66. The molecule has 0 unspecified atom stereocenters. The van der Waals surface area contributed by atoms with Crippen LogP contribution in [0.4, 0.5) is 45.5 Å². The third-order valence-corrected chi connectivity index (χ3v) is 11.7. The first-order valence-corrected chi connectivity index (χ1v) is 22.8. The number of azo groups is 1. The van der Waals surface area contributed by atoms with Crippen molar-refractivity contribution >= 4 is 45.5 Å². The molecule has 4 heterocycles. The van der Waals surface area contributed by atoms with Gasteiger partial charge in [-0.1, -0.05) is 24.3 Å². The summed E-state index contributed by atoms with van der Waals surface area (Å²) in [5, 5.41) is 59.8. The van der Waals surface area contributed by atoms with Gasteiger partial charge in [0, 0.05) is 97.7 Å². The predicted octanol–water partition coefficient (Wildman–Crippen LogP) is 9.32. The van der Waals surface area contributed by atoms with Gasteiger partial charge in [-0.3, -0.25) is 40.5 Å². The summed E-state index contributed by atoms with van der Waals surface area (Å²) in [7, 11) is 0. The summed E-state index contributed by atoms with van der Waals surface area (Å²) in [5.74, 6) is 0. The smallest absolute Gasteiger partial charge is 0.299 e. The monoisotopic (exact) mass is 968 g/mol. The molecule has 0 atom stereocenters. The van der Waals surface area contributed by atoms with Crippen molar-refractivity contribution < 1.29 is 38.0 Å². The highest BCUT2D eigenvalue weighted by atomic mass is 16.6. The number of benzene rings is 4. The van der Waals surface area contributed by atoms with Crippen molar-refractivity contribution in [1.29, 1.82) is 0 Å². The maximum atomic E-state index is 11.4. The molecule has 0 aliphatic heterocycles. The Bertz CT molecular complexity index is 3010. The van der Waals surface area contributed by atoms with Crippen molar-refractivity contribution in [2.75, 3.05) is 23.7 Å². The Hall–Kier alpha value is -9.72. The minimum Gasteiger partial charge on any atom is -0.379 e. The van der Waals surface area contributed by atoms with Crippen molar-refractivity contribution in [1.82, 2.24) is 0 Å². The van der Waals surface area contributed by atoms with E-state index in [4.69, 9.17) is 0 Å². The Morgan fingerprint density at radius 2 is 0.708 bits per heavy atom. The van der Waals surface area contributed by atoms with Gasteiger partial charge in [0.1, 0.15) is 24.5 Å². The van der Waals surface area contributed by atoms with Crippen molar-refractivity contribution in [2.24, 2.45) is 10.2 Å². The number of nitro benzene ring substituents is 4. The van der Waals surface area contributed by atoms with Gasteiger partial charge >= 0.3 is 0 Å². The van der Waals surface area contributed by atoms with Gasteiger partial charge in [0.15, 0.2) is 62.7 Å². The number of nitrogens with one attached hydrogen (secondary N) is 2. The first kappa shape index (κ1) is 48.7. The molecule has 20 nitrogen and oxygen atoms in total. The second-order valence-corrected chi connectivity index (χ2v) is 16.7. The van der Waals surface area contributed by atoms with Crippen LogP contribution < -0.4 is 28.9 Å². The number of hydrogen-bond acceptors (Lipinski definition) is 12. The second-order valence-electron chi connectivity index (χ2n) is 16.7. The number of non-ortho nitro benzene ring substituents is 2. The van der Waals surface area contributed by atoms with Gasteiger partial charge in [-0.05, 0) is 58.7 Å². The predicted molar refractivity (Wildman–Crippen MR) is 266 cm³/mol. The third kappa shape index (κ3) is 13.1. The van der Waals surface area contributed by atoms with Crippen LogP contribution in [-0.4, -0.2) is 32.8 Å². The van der Waals surface area contributed by atoms with Crippen molar-refractivity contribution in [3.8, 4) is 22.3 Å². The molecule has 0 saturated heterocycles. The SMILES string of the molecule is O=[N+]([O-])c1ccc(NCCC[n+]2ccc(-c3cc[n+](Cc4ccc(N=Nc5ccc(C[n+]6ccc(-c7cc[n+](CCCNc8ccc([N+](=O)[O-])cc8[N+](=O)[O-])cc7)cc6)cc5)cc4)cc3)cc2)c([N+](=O)[O-])c1. The van der Waals surface area contributed by atoms with Gasteiger partial charge in [0.05, 0.1) is 43.2 Å². The molecule has 0 saturated carbocycles. The molecule has 4 aromatic carbocycles. The molecule has 2 N–H and O–H groups in total. The summed E-state index contributed by atoms with van der Waals surface area (Å²) in [6.45, 7) is 3.64. The van der Waals surface area contributed by atoms with Gasteiger partial charge in [-0.2, -0.15) is 10.2 Å². The highest BCUT2D eigenvalue weighted by Gasteiger charge is 2.21. The molecule has 0 aliphatic carbocycles. The average molecular weight is 969 g/mol. The van der Waals surface area contributed by atoms with Gasteiger partial charge < -0.3 is 10.6 Å². The fourth-order valence-electron chi connectivity index (χ4n) is 7.82. The lowest BCUT2D eigenvalue weighted by Crippen LogP contribution is -2.33. The zero-order valence-corrected chi connectivity index (χ0v) is 38.7. The molecule has 0 spiro atoms. The minimum absolute atomic E-state index is 0.247. The molecule has 72 heavy (non-hydrogen) atoms. The molecule has 8 aromatic rings. The molecule has 4 aromatic heterocycles. The Morgan fingerprint density at radius 3 is 1.01 bits per heavy atom. The van der Waals surface area contributed by atoms with E-state index in [2.05, 4.69) is 54.3 Å². The summed E-state index contributed by atoms with van der Waals surface area (Å²) in [6.07, 6.45) is 17.5. The van der Waals surface area contributed by atoms with Crippen LogP contribution in [0.5, 0.6) is 0 Å². The van der Waals surface area contributed by atoms with Crippen LogP contribution in [0.15, 0.2) is 193 Å². The zero-order valence-electron chi connectivity index (χ0n) is 38.7. The van der Waals surface area contributed by atoms with Crippen LogP contribution in [-0.2, 0) is 26.2 Å². The molecule has 0 radical (unpaired) electrons.